The molecule has 1 aliphatic carbocycles. The van der Waals surface area contributed by atoms with E-state index in [1.54, 1.807) is 19.1 Å². The van der Waals surface area contributed by atoms with Gasteiger partial charge in [0.2, 0.25) is 0 Å². The van der Waals surface area contributed by atoms with E-state index in [9.17, 15) is 4.79 Å². The molecule has 1 aliphatic heterocycles. The zero-order chi connectivity index (χ0) is 19.8. The molecule has 0 bridgehead atoms. The molecule has 29 heavy (non-hydrogen) atoms. The summed E-state index contributed by atoms with van der Waals surface area (Å²) >= 11 is 1.86. The molecule has 5 rings (SSSR count). The van der Waals surface area contributed by atoms with Crippen molar-refractivity contribution in [3.63, 3.8) is 0 Å². The van der Waals surface area contributed by atoms with Crippen LogP contribution in [0.15, 0.2) is 52.3 Å². The van der Waals surface area contributed by atoms with Crippen LogP contribution in [0.5, 0.6) is 0 Å². The number of benzene rings is 1. The van der Waals surface area contributed by atoms with Crippen LogP contribution in [0.3, 0.4) is 0 Å². The second kappa shape index (κ2) is 7.81. The van der Waals surface area contributed by atoms with E-state index in [1.807, 2.05) is 35.6 Å². The minimum Gasteiger partial charge on any atom is -0.462 e. The van der Waals surface area contributed by atoms with Gasteiger partial charge in [-0.15, -0.1) is 11.3 Å². The lowest BCUT2D eigenvalue weighted by Crippen LogP contribution is -2.32. The van der Waals surface area contributed by atoms with E-state index >= 15 is 0 Å². The quantitative estimate of drug-likeness (QED) is 0.473. The Balaban J connectivity index is 1.41. The molecule has 3 aromatic rings. The summed E-state index contributed by atoms with van der Waals surface area (Å²) in [5.41, 5.74) is 2.74. The Morgan fingerprint density at radius 2 is 1.93 bits per heavy atom. The first-order valence-electron chi connectivity index (χ1n) is 10.3. The predicted molar refractivity (Wildman–Crippen MR) is 112 cm³/mol. The van der Waals surface area contributed by atoms with Crippen LogP contribution in [-0.2, 0) is 9.47 Å². The van der Waals surface area contributed by atoms with Gasteiger partial charge in [-0.2, -0.15) is 0 Å². The van der Waals surface area contributed by atoms with Crippen molar-refractivity contribution >= 4 is 17.3 Å². The number of hydrogen-bond acceptors (Lipinski definition) is 5. The Morgan fingerprint density at radius 3 is 2.76 bits per heavy atom. The Hall–Kier alpha value is -2.37. The largest absolute Gasteiger partial charge is 0.462 e. The predicted octanol–water partition coefficient (Wildman–Crippen LogP) is 6.33. The van der Waals surface area contributed by atoms with Crippen molar-refractivity contribution in [2.45, 2.75) is 50.7 Å². The molecular weight excluding hydrogens is 384 g/mol. The van der Waals surface area contributed by atoms with Gasteiger partial charge in [0, 0.05) is 21.9 Å². The van der Waals surface area contributed by atoms with Crippen LogP contribution >= 0.6 is 11.3 Å². The zero-order valence-corrected chi connectivity index (χ0v) is 17.2. The van der Waals surface area contributed by atoms with Crippen molar-refractivity contribution in [3.8, 4) is 11.3 Å². The number of rotatable bonds is 4. The van der Waals surface area contributed by atoms with Gasteiger partial charge in [-0.25, -0.2) is 4.79 Å². The van der Waals surface area contributed by atoms with Crippen molar-refractivity contribution in [2.75, 3.05) is 6.61 Å². The Labute approximate surface area is 174 Å². The van der Waals surface area contributed by atoms with Gasteiger partial charge in [-0.05, 0) is 55.5 Å². The minimum absolute atomic E-state index is 0.136. The van der Waals surface area contributed by atoms with E-state index in [1.165, 1.54) is 29.7 Å². The molecule has 150 valence electrons. The summed E-state index contributed by atoms with van der Waals surface area (Å²) < 4.78 is 17.8. The maximum absolute atomic E-state index is 11.8. The third kappa shape index (κ3) is 3.43. The topological polar surface area (TPSA) is 48.7 Å². The molecular formula is C24H24O4S. The number of esters is 1. The van der Waals surface area contributed by atoms with Gasteiger partial charge >= 0.3 is 5.97 Å². The maximum atomic E-state index is 11.8. The van der Waals surface area contributed by atoms with Crippen LogP contribution in [0.4, 0.5) is 0 Å². The number of furan rings is 1. The molecule has 0 saturated heterocycles. The molecule has 0 unspecified atom stereocenters. The molecule has 2 aliphatic rings. The number of hydrogen-bond donors (Lipinski definition) is 0. The SMILES string of the molecule is CCOC(=O)c1ccc(-c2ccc([C@@H]3O[C@@H]4CCCC[C@H]4c4sccc43)o2)cc1. The highest BCUT2D eigenvalue weighted by molar-refractivity contribution is 7.10. The first kappa shape index (κ1) is 18.6. The number of ether oxygens (including phenoxy) is 2. The van der Waals surface area contributed by atoms with Gasteiger partial charge in [-0.1, -0.05) is 25.0 Å². The second-order valence-electron chi connectivity index (χ2n) is 7.69. The monoisotopic (exact) mass is 408 g/mol. The molecule has 0 spiro atoms. The molecule has 5 heteroatoms. The normalized spacial score (nSPS) is 23.3. The summed E-state index contributed by atoms with van der Waals surface area (Å²) in [4.78, 5) is 13.3. The molecule has 4 nitrogen and oxygen atoms in total. The maximum Gasteiger partial charge on any atom is 0.338 e. The lowest BCUT2D eigenvalue weighted by molar-refractivity contribution is -0.0451. The van der Waals surface area contributed by atoms with Crippen LogP contribution < -0.4 is 0 Å². The lowest BCUT2D eigenvalue weighted by atomic mass is 9.81. The molecule has 0 radical (unpaired) electrons. The Morgan fingerprint density at radius 1 is 1.10 bits per heavy atom. The number of thiophene rings is 1. The van der Waals surface area contributed by atoms with Gasteiger partial charge in [0.15, 0.2) is 0 Å². The first-order chi connectivity index (χ1) is 14.2. The summed E-state index contributed by atoms with van der Waals surface area (Å²) in [6.07, 6.45) is 5.03. The van der Waals surface area contributed by atoms with Gasteiger partial charge in [0.05, 0.1) is 18.3 Å². The highest BCUT2D eigenvalue weighted by atomic mass is 32.1. The van der Waals surface area contributed by atoms with Crippen molar-refractivity contribution < 1.29 is 18.7 Å². The van der Waals surface area contributed by atoms with E-state index in [0.29, 0.717) is 18.1 Å². The Kier molecular flexibility index (Phi) is 5.02. The highest BCUT2D eigenvalue weighted by Crippen LogP contribution is 2.49. The Bertz CT molecular complexity index is 1000. The van der Waals surface area contributed by atoms with Crippen LogP contribution in [-0.4, -0.2) is 18.7 Å². The van der Waals surface area contributed by atoms with Gasteiger partial charge < -0.3 is 13.9 Å². The summed E-state index contributed by atoms with van der Waals surface area (Å²) in [7, 11) is 0. The third-order valence-corrected chi connectivity index (χ3v) is 6.99. The van der Waals surface area contributed by atoms with Crippen molar-refractivity contribution in [3.05, 3.63) is 69.6 Å². The zero-order valence-electron chi connectivity index (χ0n) is 16.4. The molecule has 3 atom stereocenters. The standard InChI is InChI=1S/C24H24O4S/c1-2-26-24(25)16-9-7-15(8-10-16)19-11-12-21(27-19)22-18-13-14-29-23(18)17-5-3-4-6-20(17)28-22/h7-14,17,20,22H,2-6H2,1H3/t17-,20-,22-/m1/s1. The van der Waals surface area contributed by atoms with E-state index in [-0.39, 0.29) is 18.2 Å². The summed E-state index contributed by atoms with van der Waals surface area (Å²) in [5.74, 6) is 1.86. The smallest absolute Gasteiger partial charge is 0.338 e. The highest BCUT2D eigenvalue weighted by Gasteiger charge is 2.39. The van der Waals surface area contributed by atoms with Crippen molar-refractivity contribution in [1.82, 2.24) is 0 Å². The van der Waals surface area contributed by atoms with Crippen molar-refractivity contribution in [2.24, 2.45) is 0 Å². The van der Waals surface area contributed by atoms with Crippen LogP contribution in [0.25, 0.3) is 11.3 Å². The van der Waals surface area contributed by atoms with Crippen LogP contribution in [0.2, 0.25) is 0 Å². The average Bonchev–Trinajstić information content (AvgIpc) is 3.44. The van der Waals surface area contributed by atoms with Crippen molar-refractivity contribution in [1.29, 1.82) is 0 Å². The fourth-order valence-corrected chi connectivity index (χ4v) is 5.63. The van der Waals surface area contributed by atoms with Crippen LogP contribution in [0, 0.1) is 0 Å². The van der Waals surface area contributed by atoms with E-state index in [0.717, 1.165) is 23.5 Å². The summed E-state index contributed by atoms with van der Waals surface area (Å²) in [6, 6.07) is 13.5. The van der Waals surface area contributed by atoms with Gasteiger partial charge in [-0.3, -0.25) is 0 Å². The molecule has 1 fully saturated rings. The molecule has 3 heterocycles. The molecule has 2 aromatic heterocycles. The second-order valence-corrected chi connectivity index (χ2v) is 8.63. The molecule has 0 amide bonds. The number of carbonyl (C=O) groups is 1. The fraction of sp³-hybridized carbons (Fsp3) is 0.375. The first-order valence-corrected chi connectivity index (χ1v) is 11.2. The van der Waals surface area contributed by atoms with E-state index in [4.69, 9.17) is 13.9 Å². The van der Waals surface area contributed by atoms with Crippen LogP contribution in [0.1, 0.15) is 71.2 Å². The number of fused-ring (bicyclic) bond motifs is 3. The van der Waals surface area contributed by atoms with E-state index in [2.05, 4.69) is 11.4 Å². The summed E-state index contributed by atoms with van der Waals surface area (Å²) in [6.45, 7) is 2.17. The number of carbonyl (C=O) groups excluding carboxylic acids is 1. The van der Waals surface area contributed by atoms with E-state index < -0.39 is 0 Å². The molecule has 1 saturated carbocycles. The lowest BCUT2D eigenvalue weighted by Gasteiger charge is -2.38. The van der Waals surface area contributed by atoms with Gasteiger partial charge in [0.1, 0.15) is 17.6 Å². The third-order valence-electron chi connectivity index (χ3n) is 5.93. The minimum atomic E-state index is -0.304. The summed E-state index contributed by atoms with van der Waals surface area (Å²) in [5, 5.41) is 2.18. The average molecular weight is 409 g/mol. The molecule has 0 N–H and O–H groups in total. The molecule has 1 aromatic carbocycles. The van der Waals surface area contributed by atoms with Gasteiger partial charge in [0.25, 0.3) is 0 Å². The fourth-order valence-electron chi connectivity index (χ4n) is 4.51.